The topological polar surface area (TPSA) is 3.24 Å². The van der Waals surface area contributed by atoms with Crippen molar-refractivity contribution in [3.63, 3.8) is 0 Å². The van der Waals surface area contributed by atoms with Crippen molar-refractivity contribution < 1.29 is 1.43 Å². The quantitative estimate of drug-likeness (QED) is 0.577. The normalized spacial score (nSPS) is 18.3. The van der Waals surface area contributed by atoms with E-state index in [1.807, 2.05) is 13.8 Å². The Morgan fingerprint density at radius 1 is 1.20 bits per heavy atom. The summed E-state index contributed by atoms with van der Waals surface area (Å²) in [5.41, 5.74) is 0. The highest BCUT2D eigenvalue weighted by molar-refractivity contribution is 4.64. The Bertz CT molecular complexity index is 60.6. The highest BCUT2D eigenvalue weighted by atomic mass is 15.1. The molecular weight excluding hydrogens is 122 g/mol. The Morgan fingerprint density at radius 2 is 1.70 bits per heavy atom. The van der Waals surface area contributed by atoms with Gasteiger partial charge in [0.25, 0.3) is 0 Å². The Hall–Kier alpha value is -0.0400. The lowest BCUT2D eigenvalue weighted by molar-refractivity contribution is 0.339. The Labute approximate surface area is 66.9 Å². The maximum atomic E-state index is 2.54. The minimum atomic E-state index is 0. The maximum absolute atomic E-state index is 2.54. The lowest BCUT2D eigenvalue weighted by Gasteiger charge is -2.11. The minimum absolute atomic E-state index is 0. The molecule has 0 aromatic rings. The SMILES string of the molecule is CC.CCCN1CCCC1.[HH]. The lowest BCUT2D eigenvalue weighted by atomic mass is 10.4. The van der Waals surface area contributed by atoms with E-state index < -0.39 is 0 Å². The summed E-state index contributed by atoms with van der Waals surface area (Å²) in [7, 11) is 0. The average Bonchev–Trinajstić information content (AvgIpc) is 2.46. The van der Waals surface area contributed by atoms with Crippen molar-refractivity contribution in [3.8, 4) is 0 Å². The van der Waals surface area contributed by atoms with Crippen molar-refractivity contribution in [1.82, 2.24) is 4.90 Å². The van der Waals surface area contributed by atoms with E-state index in [-0.39, 0.29) is 1.43 Å². The van der Waals surface area contributed by atoms with Gasteiger partial charge in [-0.3, -0.25) is 0 Å². The summed E-state index contributed by atoms with van der Waals surface area (Å²) in [6.45, 7) is 10.3. The molecule has 0 aromatic heterocycles. The predicted molar refractivity (Wildman–Crippen MR) is 49.4 cm³/mol. The standard InChI is InChI=1S/C7H15N.C2H6.H2/c1-2-5-8-6-3-4-7-8;1-2;/h2-7H2,1H3;1-2H3;1H. The van der Waals surface area contributed by atoms with E-state index in [1.165, 1.54) is 38.9 Å². The van der Waals surface area contributed by atoms with Crippen LogP contribution < -0.4 is 0 Å². The predicted octanol–water partition coefficient (Wildman–Crippen LogP) is 2.76. The summed E-state index contributed by atoms with van der Waals surface area (Å²) < 4.78 is 0. The summed E-state index contributed by atoms with van der Waals surface area (Å²) in [6, 6.07) is 0. The third kappa shape index (κ3) is 3.89. The first-order valence-corrected chi connectivity index (χ1v) is 4.66. The van der Waals surface area contributed by atoms with Crippen molar-refractivity contribution in [1.29, 1.82) is 0 Å². The van der Waals surface area contributed by atoms with Gasteiger partial charge in [0.05, 0.1) is 0 Å². The van der Waals surface area contributed by atoms with Crippen molar-refractivity contribution in [2.45, 2.75) is 40.0 Å². The fraction of sp³-hybridized carbons (Fsp3) is 1.00. The van der Waals surface area contributed by atoms with E-state index in [1.54, 1.807) is 0 Å². The summed E-state index contributed by atoms with van der Waals surface area (Å²) in [5.74, 6) is 0. The molecule has 1 nitrogen and oxygen atoms in total. The third-order valence-corrected chi connectivity index (χ3v) is 1.74. The largest absolute Gasteiger partial charge is 0.303 e. The van der Waals surface area contributed by atoms with Crippen LogP contribution in [0.2, 0.25) is 0 Å². The molecule has 0 radical (unpaired) electrons. The Morgan fingerprint density at radius 3 is 2.10 bits per heavy atom. The zero-order valence-electron chi connectivity index (χ0n) is 7.69. The summed E-state index contributed by atoms with van der Waals surface area (Å²) in [4.78, 5) is 2.54. The van der Waals surface area contributed by atoms with Crippen LogP contribution in [0.4, 0.5) is 0 Å². The van der Waals surface area contributed by atoms with Crippen LogP contribution in [0.15, 0.2) is 0 Å². The Balaban J connectivity index is 0. The highest BCUT2D eigenvalue weighted by Crippen LogP contribution is 2.06. The monoisotopic (exact) mass is 145 g/mol. The molecule has 0 amide bonds. The molecule has 0 saturated carbocycles. The van der Waals surface area contributed by atoms with Crippen molar-refractivity contribution >= 4 is 0 Å². The number of hydrogen-bond acceptors (Lipinski definition) is 1. The molecule has 0 bridgehead atoms. The molecule has 64 valence electrons. The number of hydrogen-bond donors (Lipinski definition) is 0. The van der Waals surface area contributed by atoms with Gasteiger partial charge in [0.1, 0.15) is 0 Å². The molecule has 1 heteroatoms. The van der Waals surface area contributed by atoms with Gasteiger partial charge < -0.3 is 4.90 Å². The zero-order valence-corrected chi connectivity index (χ0v) is 7.69. The highest BCUT2D eigenvalue weighted by Gasteiger charge is 2.08. The van der Waals surface area contributed by atoms with Crippen LogP contribution in [0.25, 0.3) is 0 Å². The van der Waals surface area contributed by atoms with Gasteiger partial charge in [-0.2, -0.15) is 0 Å². The van der Waals surface area contributed by atoms with E-state index in [4.69, 9.17) is 0 Å². The fourth-order valence-electron chi connectivity index (χ4n) is 1.32. The number of likely N-dealkylation sites (tertiary alicyclic amines) is 1. The van der Waals surface area contributed by atoms with Gasteiger partial charge in [-0.15, -0.1) is 0 Å². The van der Waals surface area contributed by atoms with Gasteiger partial charge >= 0.3 is 0 Å². The molecule has 0 N–H and O–H groups in total. The van der Waals surface area contributed by atoms with Crippen LogP contribution in [0, 0.1) is 0 Å². The van der Waals surface area contributed by atoms with Gasteiger partial charge in [-0.25, -0.2) is 0 Å². The maximum Gasteiger partial charge on any atom is 0 e. The van der Waals surface area contributed by atoms with Crippen molar-refractivity contribution in [3.05, 3.63) is 0 Å². The summed E-state index contributed by atoms with van der Waals surface area (Å²) in [5, 5.41) is 0. The van der Waals surface area contributed by atoms with E-state index in [0.717, 1.165) is 0 Å². The molecule has 1 rings (SSSR count). The van der Waals surface area contributed by atoms with Gasteiger partial charge in [-0.1, -0.05) is 20.8 Å². The molecule has 1 saturated heterocycles. The first-order valence-electron chi connectivity index (χ1n) is 4.66. The number of rotatable bonds is 2. The molecule has 0 aromatic carbocycles. The fourth-order valence-corrected chi connectivity index (χ4v) is 1.32. The lowest BCUT2D eigenvalue weighted by Crippen LogP contribution is -2.19. The molecule has 0 aliphatic carbocycles. The van der Waals surface area contributed by atoms with E-state index in [9.17, 15) is 0 Å². The van der Waals surface area contributed by atoms with E-state index >= 15 is 0 Å². The second-order valence-electron chi connectivity index (χ2n) is 2.55. The van der Waals surface area contributed by atoms with Gasteiger partial charge in [0.15, 0.2) is 0 Å². The van der Waals surface area contributed by atoms with E-state index in [2.05, 4.69) is 11.8 Å². The molecule has 1 aliphatic heterocycles. The van der Waals surface area contributed by atoms with Gasteiger partial charge in [0.2, 0.25) is 0 Å². The molecule has 1 heterocycles. The molecule has 0 spiro atoms. The van der Waals surface area contributed by atoms with Gasteiger partial charge in [0, 0.05) is 1.43 Å². The number of nitrogens with zero attached hydrogens (tertiary/aromatic N) is 1. The third-order valence-electron chi connectivity index (χ3n) is 1.74. The molecule has 1 fully saturated rings. The second-order valence-corrected chi connectivity index (χ2v) is 2.55. The molecule has 1 aliphatic rings. The van der Waals surface area contributed by atoms with Crippen LogP contribution >= 0.6 is 0 Å². The van der Waals surface area contributed by atoms with Crippen LogP contribution in [0.5, 0.6) is 0 Å². The molecule has 0 unspecified atom stereocenters. The second kappa shape index (κ2) is 7.07. The molecule has 0 atom stereocenters. The van der Waals surface area contributed by atoms with Crippen LogP contribution in [0.1, 0.15) is 41.5 Å². The molecule has 10 heavy (non-hydrogen) atoms. The van der Waals surface area contributed by atoms with E-state index in [0.29, 0.717) is 0 Å². The zero-order chi connectivity index (χ0) is 7.82. The van der Waals surface area contributed by atoms with Crippen molar-refractivity contribution in [2.75, 3.05) is 19.6 Å². The van der Waals surface area contributed by atoms with Crippen molar-refractivity contribution in [2.24, 2.45) is 0 Å². The summed E-state index contributed by atoms with van der Waals surface area (Å²) in [6.07, 6.45) is 4.18. The van der Waals surface area contributed by atoms with Crippen LogP contribution in [-0.4, -0.2) is 24.5 Å². The summed E-state index contributed by atoms with van der Waals surface area (Å²) >= 11 is 0. The van der Waals surface area contributed by atoms with Crippen LogP contribution in [-0.2, 0) is 0 Å². The average molecular weight is 145 g/mol. The smallest absolute Gasteiger partial charge is 0 e. The molecular formula is C9H23N. The first-order chi connectivity index (χ1) is 4.93. The van der Waals surface area contributed by atoms with Gasteiger partial charge in [-0.05, 0) is 38.9 Å². The minimum Gasteiger partial charge on any atom is -0.303 e. The first kappa shape index (κ1) is 9.96. The van der Waals surface area contributed by atoms with Crippen LogP contribution in [0.3, 0.4) is 0 Å². The Kier molecular flexibility index (Phi) is 7.04.